The van der Waals surface area contributed by atoms with E-state index in [1.165, 1.54) is 0 Å². The van der Waals surface area contributed by atoms with Crippen LogP contribution in [0.15, 0.2) is 24.3 Å². The number of nitrogens with two attached hydrogens (primary N) is 1. The van der Waals surface area contributed by atoms with Crippen molar-refractivity contribution >= 4 is 5.91 Å². The van der Waals surface area contributed by atoms with E-state index in [9.17, 15) is 9.90 Å². The van der Waals surface area contributed by atoms with Gasteiger partial charge in [-0.1, -0.05) is 19.1 Å². The maximum Gasteiger partial charge on any atom is 0.248 e. The van der Waals surface area contributed by atoms with E-state index in [0.717, 1.165) is 38.0 Å². The fraction of sp³-hybridized carbons (Fsp3) is 0.533. The maximum absolute atomic E-state index is 11.2. The van der Waals surface area contributed by atoms with Crippen molar-refractivity contribution in [3.8, 4) is 0 Å². The van der Waals surface area contributed by atoms with Gasteiger partial charge in [0.1, 0.15) is 0 Å². The number of rotatable bonds is 4. The molecule has 3 N–H and O–H groups in total. The first-order valence-electron chi connectivity index (χ1n) is 6.74. The van der Waals surface area contributed by atoms with Crippen molar-refractivity contribution in [3.05, 3.63) is 35.4 Å². The van der Waals surface area contributed by atoms with Gasteiger partial charge in [0.15, 0.2) is 0 Å². The monoisotopic (exact) mass is 262 g/mol. The molecule has 0 saturated carbocycles. The molecular weight excluding hydrogens is 240 g/mol. The van der Waals surface area contributed by atoms with Crippen molar-refractivity contribution < 1.29 is 9.90 Å². The number of aliphatic hydroxyl groups is 1. The Kier molecular flexibility index (Phi) is 4.22. The van der Waals surface area contributed by atoms with Crippen LogP contribution in [0.4, 0.5) is 0 Å². The predicted octanol–water partition coefficient (Wildman–Crippen LogP) is 1.38. The summed E-state index contributed by atoms with van der Waals surface area (Å²) in [7, 11) is 0. The molecule has 1 unspecified atom stereocenters. The van der Waals surface area contributed by atoms with E-state index in [1.807, 2.05) is 18.2 Å². The van der Waals surface area contributed by atoms with Gasteiger partial charge in [-0.25, -0.2) is 0 Å². The lowest BCUT2D eigenvalue weighted by Gasteiger charge is -2.39. The number of hydrogen-bond acceptors (Lipinski definition) is 3. The molecular formula is C15H22N2O2. The van der Waals surface area contributed by atoms with Gasteiger partial charge < -0.3 is 10.8 Å². The average Bonchev–Trinajstić information content (AvgIpc) is 2.39. The lowest BCUT2D eigenvalue weighted by Crippen LogP contribution is -2.43. The Balaban J connectivity index is 2.04. The number of piperidine rings is 1. The molecule has 1 aromatic carbocycles. The van der Waals surface area contributed by atoms with Crippen LogP contribution >= 0.6 is 0 Å². The van der Waals surface area contributed by atoms with E-state index < -0.39 is 0 Å². The van der Waals surface area contributed by atoms with Crippen molar-refractivity contribution in [1.29, 1.82) is 0 Å². The maximum atomic E-state index is 11.2. The Morgan fingerprint density at radius 1 is 1.53 bits per heavy atom. The van der Waals surface area contributed by atoms with Gasteiger partial charge in [-0.2, -0.15) is 0 Å². The first-order chi connectivity index (χ1) is 9.02. The van der Waals surface area contributed by atoms with Crippen molar-refractivity contribution in [2.24, 2.45) is 11.1 Å². The SMILES string of the molecule is CC1(CO)CCCN(Cc2cccc(C(N)=O)c2)C1. The molecule has 0 bridgehead atoms. The summed E-state index contributed by atoms with van der Waals surface area (Å²) in [6.45, 7) is 5.08. The van der Waals surface area contributed by atoms with E-state index in [-0.39, 0.29) is 17.9 Å². The summed E-state index contributed by atoms with van der Waals surface area (Å²) in [5.74, 6) is -0.388. The summed E-state index contributed by atoms with van der Waals surface area (Å²) in [4.78, 5) is 13.5. The molecule has 1 heterocycles. The molecule has 1 fully saturated rings. The molecule has 4 nitrogen and oxygen atoms in total. The molecule has 0 aromatic heterocycles. The minimum Gasteiger partial charge on any atom is -0.396 e. The van der Waals surface area contributed by atoms with Crippen LogP contribution in [0.2, 0.25) is 0 Å². The summed E-state index contributed by atoms with van der Waals surface area (Å²) in [5, 5.41) is 9.46. The minimum atomic E-state index is -0.388. The standard InChI is InChI=1S/C15H22N2O2/c1-15(11-18)6-3-7-17(10-15)9-12-4-2-5-13(8-12)14(16)19/h2,4-5,8,18H,3,6-7,9-11H2,1H3,(H2,16,19). The van der Waals surface area contributed by atoms with Crippen LogP contribution < -0.4 is 5.73 Å². The summed E-state index contributed by atoms with van der Waals surface area (Å²) in [6, 6.07) is 7.47. The van der Waals surface area contributed by atoms with Gasteiger partial charge in [0, 0.05) is 30.7 Å². The highest BCUT2D eigenvalue weighted by molar-refractivity contribution is 5.92. The minimum absolute atomic E-state index is 0.000449. The molecule has 0 spiro atoms. The van der Waals surface area contributed by atoms with Crippen molar-refractivity contribution in [2.45, 2.75) is 26.3 Å². The fourth-order valence-electron chi connectivity index (χ4n) is 2.77. The first kappa shape index (κ1) is 14.0. The Hall–Kier alpha value is -1.39. The molecule has 0 aliphatic carbocycles. The zero-order valence-electron chi connectivity index (χ0n) is 11.4. The fourth-order valence-corrected chi connectivity index (χ4v) is 2.77. The van der Waals surface area contributed by atoms with Gasteiger partial charge in [0.25, 0.3) is 0 Å². The molecule has 1 saturated heterocycles. The summed E-state index contributed by atoms with van der Waals surface area (Å²) in [5.41, 5.74) is 6.95. The number of hydrogen-bond donors (Lipinski definition) is 2. The number of nitrogens with zero attached hydrogens (tertiary/aromatic N) is 1. The highest BCUT2D eigenvalue weighted by Gasteiger charge is 2.30. The number of amides is 1. The summed E-state index contributed by atoms with van der Waals surface area (Å²) in [6.07, 6.45) is 2.17. The zero-order valence-corrected chi connectivity index (χ0v) is 11.4. The number of aliphatic hydroxyl groups excluding tert-OH is 1. The van der Waals surface area contributed by atoms with Crippen LogP contribution in [0.25, 0.3) is 0 Å². The molecule has 1 aliphatic rings. The summed E-state index contributed by atoms with van der Waals surface area (Å²) >= 11 is 0. The van der Waals surface area contributed by atoms with E-state index in [0.29, 0.717) is 5.56 Å². The second-order valence-electron chi connectivity index (χ2n) is 5.85. The topological polar surface area (TPSA) is 66.6 Å². The highest BCUT2D eigenvalue weighted by Crippen LogP contribution is 2.29. The van der Waals surface area contributed by atoms with Crippen LogP contribution in [0.5, 0.6) is 0 Å². The van der Waals surface area contributed by atoms with Crippen molar-refractivity contribution in [1.82, 2.24) is 4.90 Å². The molecule has 104 valence electrons. The van der Waals surface area contributed by atoms with Gasteiger partial charge in [-0.05, 0) is 37.1 Å². The Labute approximate surface area is 114 Å². The van der Waals surface area contributed by atoms with Crippen molar-refractivity contribution in [3.63, 3.8) is 0 Å². The quantitative estimate of drug-likeness (QED) is 0.861. The molecule has 2 rings (SSSR count). The predicted molar refractivity (Wildman–Crippen MR) is 74.7 cm³/mol. The Bertz CT molecular complexity index is 461. The van der Waals surface area contributed by atoms with Crippen LogP contribution in [0, 0.1) is 5.41 Å². The highest BCUT2D eigenvalue weighted by atomic mass is 16.3. The van der Waals surface area contributed by atoms with Gasteiger partial charge in [0.2, 0.25) is 5.91 Å². The third-order valence-corrected chi connectivity index (χ3v) is 3.86. The van der Waals surface area contributed by atoms with Crippen LogP contribution in [-0.2, 0) is 6.54 Å². The molecule has 0 radical (unpaired) electrons. The molecule has 4 heteroatoms. The van der Waals surface area contributed by atoms with Gasteiger partial charge in [0.05, 0.1) is 0 Å². The molecule has 1 aliphatic heterocycles. The lowest BCUT2D eigenvalue weighted by atomic mass is 9.82. The first-order valence-corrected chi connectivity index (χ1v) is 6.74. The second kappa shape index (κ2) is 5.72. The Morgan fingerprint density at radius 2 is 2.32 bits per heavy atom. The number of benzene rings is 1. The van der Waals surface area contributed by atoms with Crippen molar-refractivity contribution in [2.75, 3.05) is 19.7 Å². The third-order valence-electron chi connectivity index (χ3n) is 3.86. The molecule has 1 atom stereocenters. The lowest BCUT2D eigenvalue weighted by molar-refractivity contribution is 0.0429. The van der Waals surface area contributed by atoms with Crippen LogP contribution in [0.3, 0.4) is 0 Å². The van der Waals surface area contributed by atoms with Crippen LogP contribution in [0.1, 0.15) is 35.7 Å². The van der Waals surface area contributed by atoms with Gasteiger partial charge in [-0.15, -0.1) is 0 Å². The van der Waals surface area contributed by atoms with E-state index in [2.05, 4.69) is 11.8 Å². The normalized spacial score (nSPS) is 24.3. The number of carbonyl (C=O) groups excluding carboxylic acids is 1. The van der Waals surface area contributed by atoms with Crippen LogP contribution in [-0.4, -0.2) is 35.6 Å². The van der Waals surface area contributed by atoms with Gasteiger partial charge in [-0.3, -0.25) is 9.69 Å². The second-order valence-corrected chi connectivity index (χ2v) is 5.85. The molecule has 19 heavy (non-hydrogen) atoms. The van der Waals surface area contributed by atoms with E-state index in [1.54, 1.807) is 6.07 Å². The Morgan fingerprint density at radius 3 is 3.00 bits per heavy atom. The largest absolute Gasteiger partial charge is 0.396 e. The number of likely N-dealkylation sites (tertiary alicyclic amines) is 1. The van der Waals surface area contributed by atoms with E-state index >= 15 is 0 Å². The number of primary amides is 1. The molecule has 1 amide bonds. The zero-order chi connectivity index (χ0) is 13.9. The average molecular weight is 262 g/mol. The summed E-state index contributed by atoms with van der Waals surface area (Å²) < 4.78 is 0. The van der Waals surface area contributed by atoms with E-state index in [4.69, 9.17) is 5.73 Å². The number of carbonyl (C=O) groups is 1. The third kappa shape index (κ3) is 3.55. The smallest absolute Gasteiger partial charge is 0.248 e. The molecule has 1 aromatic rings. The van der Waals surface area contributed by atoms with Gasteiger partial charge >= 0.3 is 0 Å².